The molecule has 2 aromatic carbocycles. The lowest BCUT2D eigenvalue weighted by atomic mass is 10.0. The predicted octanol–water partition coefficient (Wildman–Crippen LogP) is 4.11. The van der Waals surface area contributed by atoms with Crippen molar-refractivity contribution in [2.45, 2.75) is 23.5 Å². The second-order valence-corrected chi connectivity index (χ2v) is 7.73. The van der Waals surface area contributed by atoms with Gasteiger partial charge in [-0.1, -0.05) is 43.3 Å². The molecule has 100 valence electrons. The summed E-state index contributed by atoms with van der Waals surface area (Å²) in [5.74, 6) is 2.34. The van der Waals surface area contributed by atoms with Crippen LogP contribution in [0.4, 0.5) is 0 Å². The molecule has 1 aliphatic heterocycles. The van der Waals surface area contributed by atoms with Gasteiger partial charge in [0, 0.05) is 22.0 Å². The third-order valence-corrected chi connectivity index (χ3v) is 6.84. The summed E-state index contributed by atoms with van der Waals surface area (Å²) in [7, 11) is 0. The van der Waals surface area contributed by atoms with Crippen LogP contribution in [0.3, 0.4) is 0 Å². The van der Waals surface area contributed by atoms with E-state index in [2.05, 4.69) is 37.3 Å². The summed E-state index contributed by atoms with van der Waals surface area (Å²) in [6.07, 6.45) is -0.364. The Labute approximate surface area is 122 Å². The van der Waals surface area contributed by atoms with Gasteiger partial charge in [0.1, 0.15) is 0 Å². The molecule has 1 nitrogen and oxygen atoms in total. The standard InChI is InChI=1S/C16H18OS2/c1-11-16(19-9-8-18-11)15(17)14-7-6-12-4-2-3-5-13(12)10-14/h2-7,10-11,15-17H,8-9H2,1H3. The lowest BCUT2D eigenvalue weighted by Gasteiger charge is -2.31. The van der Waals surface area contributed by atoms with Crippen molar-refractivity contribution in [2.24, 2.45) is 0 Å². The van der Waals surface area contributed by atoms with Gasteiger partial charge >= 0.3 is 0 Å². The average Bonchev–Trinajstić information content (AvgIpc) is 2.46. The number of hydrogen-bond acceptors (Lipinski definition) is 3. The van der Waals surface area contributed by atoms with Crippen molar-refractivity contribution in [1.29, 1.82) is 0 Å². The van der Waals surface area contributed by atoms with Crippen LogP contribution >= 0.6 is 23.5 Å². The highest BCUT2D eigenvalue weighted by Crippen LogP contribution is 2.39. The van der Waals surface area contributed by atoms with Crippen molar-refractivity contribution >= 4 is 34.3 Å². The van der Waals surface area contributed by atoms with Crippen LogP contribution in [0.5, 0.6) is 0 Å². The molecule has 0 bridgehead atoms. The van der Waals surface area contributed by atoms with E-state index >= 15 is 0 Å². The molecular weight excluding hydrogens is 272 g/mol. The van der Waals surface area contributed by atoms with Crippen LogP contribution in [0.15, 0.2) is 42.5 Å². The van der Waals surface area contributed by atoms with E-state index in [4.69, 9.17) is 0 Å². The maximum atomic E-state index is 10.6. The van der Waals surface area contributed by atoms with E-state index in [1.165, 1.54) is 16.5 Å². The zero-order valence-electron chi connectivity index (χ0n) is 11.0. The number of benzene rings is 2. The van der Waals surface area contributed by atoms with Crippen LogP contribution in [0.2, 0.25) is 0 Å². The van der Waals surface area contributed by atoms with Gasteiger partial charge in [0.15, 0.2) is 0 Å². The fraction of sp³-hybridized carbons (Fsp3) is 0.375. The Morgan fingerprint density at radius 3 is 2.58 bits per heavy atom. The lowest BCUT2D eigenvalue weighted by Crippen LogP contribution is -2.29. The topological polar surface area (TPSA) is 20.2 Å². The highest BCUT2D eigenvalue weighted by atomic mass is 32.2. The van der Waals surface area contributed by atoms with E-state index < -0.39 is 0 Å². The fourth-order valence-electron chi connectivity index (χ4n) is 2.58. The normalized spacial score (nSPS) is 25.4. The van der Waals surface area contributed by atoms with Crippen LogP contribution in [0.25, 0.3) is 10.8 Å². The highest BCUT2D eigenvalue weighted by molar-refractivity contribution is 8.07. The molecule has 1 N–H and O–H groups in total. The summed E-state index contributed by atoms with van der Waals surface area (Å²) in [4.78, 5) is 0. The van der Waals surface area contributed by atoms with Crippen molar-refractivity contribution < 1.29 is 5.11 Å². The van der Waals surface area contributed by atoms with Gasteiger partial charge in [0.25, 0.3) is 0 Å². The van der Waals surface area contributed by atoms with Gasteiger partial charge in [-0.05, 0) is 22.4 Å². The molecule has 1 aliphatic rings. The quantitative estimate of drug-likeness (QED) is 0.899. The van der Waals surface area contributed by atoms with E-state index in [1.807, 2.05) is 35.7 Å². The highest BCUT2D eigenvalue weighted by Gasteiger charge is 2.30. The monoisotopic (exact) mass is 290 g/mol. The van der Waals surface area contributed by atoms with Gasteiger partial charge in [0.05, 0.1) is 6.10 Å². The first-order valence-electron chi connectivity index (χ1n) is 6.66. The number of aliphatic hydroxyl groups excluding tert-OH is 1. The summed E-state index contributed by atoms with van der Waals surface area (Å²) in [6.45, 7) is 2.23. The first-order chi connectivity index (χ1) is 9.25. The van der Waals surface area contributed by atoms with E-state index in [-0.39, 0.29) is 6.10 Å². The molecule has 1 saturated heterocycles. The molecule has 3 rings (SSSR count). The van der Waals surface area contributed by atoms with Crippen LogP contribution < -0.4 is 0 Å². The van der Waals surface area contributed by atoms with Crippen molar-refractivity contribution in [1.82, 2.24) is 0 Å². The van der Waals surface area contributed by atoms with Crippen molar-refractivity contribution in [2.75, 3.05) is 11.5 Å². The first-order valence-corrected chi connectivity index (χ1v) is 8.75. The predicted molar refractivity (Wildman–Crippen MR) is 87.1 cm³/mol. The van der Waals surface area contributed by atoms with Crippen molar-refractivity contribution in [3.8, 4) is 0 Å². The summed E-state index contributed by atoms with van der Waals surface area (Å²) in [5.41, 5.74) is 1.05. The smallest absolute Gasteiger partial charge is 0.0919 e. The third kappa shape index (κ3) is 2.78. The molecular formula is C16H18OS2. The van der Waals surface area contributed by atoms with Gasteiger partial charge in [-0.25, -0.2) is 0 Å². The number of thioether (sulfide) groups is 2. The van der Waals surface area contributed by atoms with E-state index in [9.17, 15) is 5.11 Å². The van der Waals surface area contributed by atoms with Gasteiger partial charge in [-0.2, -0.15) is 23.5 Å². The molecule has 3 atom stereocenters. The van der Waals surface area contributed by atoms with Crippen molar-refractivity contribution in [3.05, 3.63) is 48.0 Å². The van der Waals surface area contributed by atoms with Gasteiger partial charge < -0.3 is 5.11 Å². The number of fused-ring (bicyclic) bond motifs is 1. The molecule has 2 aromatic rings. The Balaban J connectivity index is 1.90. The zero-order chi connectivity index (χ0) is 13.2. The first kappa shape index (κ1) is 13.3. The summed E-state index contributed by atoms with van der Waals surface area (Å²) in [6, 6.07) is 14.6. The Bertz CT molecular complexity index is 569. The Kier molecular flexibility index (Phi) is 4.06. The molecule has 3 unspecified atom stereocenters. The molecule has 0 spiro atoms. The van der Waals surface area contributed by atoms with E-state index in [1.54, 1.807) is 0 Å². The number of hydrogen-bond donors (Lipinski definition) is 1. The van der Waals surface area contributed by atoms with Crippen molar-refractivity contribution in [3.63, 3.8) is 0 Å². The summed E-state index contributed by atoms with van der Waals surface area (Å²) in [5, 5.41) is 13.9. The Hall–Kier alpha value is -0.640. The van der Waals surface area contributed by atoms with Crippen LogP contribution in [-0.4, -0.2) is 27.1 Å². The minimum Gasteiger partial charge on any atom is -0.387 e. The van der Waals surface area contributed by atoms with Crippen LogP contribution in [-0.2, 0) is 0 Å². The lowest BCUT2D eigenvalue weighted by molar-refractivity contribution is 0.174. The minimum absolute atomic E-state index is 0.305. The molecule has 0 radical (unpaired) electrons. The average molecular weight is 290 g/mol. The molecule has 0 saturated carbocycles. The second-order valence-electron chi connectivity index (χ2n) is 4.96. The van der Waals surface area contributed by atoms with Gasteiger partial charge in [-0.15, -0.1) is 0 Å². The molecule has 0 amide bonds. The van der Waals surface area contributed by atoms with Crippen LogP contribution in [0.1, 0.15) is 18.6 Å². The number of aliphatic hydroxyl groups is 1. The molecule has 19 heavy (non-hydrogen) atoms. The molecule has 3 heteroatoms. The van der Waals surface area contributed by atoms with Gasteiger partial charge in [0.2, 0.25) is 0 Å². The van der Waals surface area contributed by atoms with E-state index in [0.29, 0.717) is 10.5 Å². The minimum atomic E-state index is -0.364. The maximum Gasteiger partial charge on any atom is 0.0919 e. The molecule has 0 aliphatic carbocycles. The number of rotatable bonds is 2. The third-order valence-electron chi connectivity index (χ3n) is 3.66. The van der Waals surface area contributed by atoms with E-state index in [0.717, 1.165) is 11.3 Å². The molecule has 1 heterocycles. The summed E-state index contributed by atoms with van der Waals surface area (Å²) >= 11 is 3.88. The molecule has 1 fully saturated rings. The SMILES string of the molecule is CC1SCCSC1C(O)c1ccc2ccccc2c1. The maximum absolute atomic E-state index is 10.6. The zero-order valence-corrected chi connectivity index (χ0v) is 12.6. The Morgan fingerprint density at radius 2 is 1.79 bits per heavy atom. The summed E-state index contributed by atoms with van der Waals surface area (Å²) < 4.78 is 0. The van der Waals surface area contributed by atoms with Gasteiger partial charge in [-0.3, -0.25) is 0 Å². The van der Waals surface area contributed by atoms with Crippen LogP contribution in [0, 0.1) is 0 Å². The Morgan fingerprint density at radius 1 is 1.05 bits per heavy atom. The largest absolute Gasteiger partial charge is 0.387 e. The fourth-order valence-corrected chi connectivity index (χ4v) is 5.41. The molecule has 0 aromatic heterocycles. The second kappa shape index (κ2) is 5.78.